The third kappa shape index (κ3) is 4.82. The van der Waals surface area contributed by atoms with E-state index in [9.17, 15) is 13.2 Å². The molecule has 2 aliphatic rings. The monoisotopic (exact) mass is 474 g/mol. The van der Waals surface area contributed by atoms with Crippen LogP contribution in [0.15, 0.2) is 82.1 Å². The number of carbonyl (C=O) groups is 1. The Labute approximate surface area is 199 Å². The van der Waals surface area contributed by atoms with Gasteiger partial charge in [0.15, 0.2) is 5.84 Å². The fraction of sp³-hybridized carbons (Fsp3) is 0.231. The Balaban J connectivity index is 1.21. The average molecular weight is 475 g/mol. The zero-order valence-corrected chi connectivity index (χ0v) is 19.4. The molecule has 174 valence electrons. The number of hydrogen-bond donors (Lipinski definition) is 3. The summed E-state index contributed by atoms with van der Waals surface area (Å²) in [6.07, 6.45) is 6.30. The molecule has 7 nitrogen and oxygen atoms in total. The summed E-state index contributed by atoms with van der Waals surface area (Å²) in [6, 6.07) is 21.8. The molecule has 0 radical (unpaired) electrons. The molecular formula is C26H26N4O3S. The highest BCUT2D eigenvalue weighted by Gasteiger charge is 2.28. The van der Waals surface area contributed by atoms with E-state index in [0.29, 0.717) is 22.9 Å². The number of amides is 1. The lowest BCUT2D eigenvalue weighted by Gasteiger charge is -2.23. The first kappa shape index (κ1) is 22.2. The van der Waals surface area contributed by atoms with E-state index >= 15 is 0 Å². The van der Waals surface area contributed by atoms with Crippen LogP contribution in [0.2, 0.25) is 0 Å². The molecule has 0 saturated heterocycles. The number of amidine groups is 1. The lowest BCUT2D eigenvalue weighted by Crippen LogP contribution is -2.22. The second kappa shape index (κ2) is 9.30. The zero-order chi connectivity index (χ0) is 23.5. The highest BCUT2D eigenvalue weighted by molar-refractivity contribution is 7.90. The van der Waals surface area contributed by atoms with E-state index < -0.39 is 10.0 Å². The second-order valence-electron chi connectivity index (χ2n) is 8.62. The van der Waals surface area contributed by atoms with Gasteiger partial charge in [-0.3, -0.25) is 4.79 Å². The van der Waals surface area contributed by atoms with Crippen LogP contribution in [0.3, 0.4) is 0 Å². The Bertz CT molecular complexity index is 1330. The number of sulfonamides is 1. The van der Waals surface area contributed by atoms with E-state index in [0.717, 1.165) is 11.4 Å². The van der Waals surface area contributed by atoms with Crippen molar-refractivity contribution >= 4 is 38.8 Å². The Kier molecular flexibility index (Phi) is 6.06. The van der Waals surface area contributed by atoms with Gasteiger partial charge in [0.2, 0.25) is 0 Å². The highest BCUT2D eigenvalue weighted by Crippen LogP contribution is 2.27. The quantitative estimate of drug-likeness (QED) is 0.469. The SMILES string of the molecule is O=C(Nc1ccc(NC2CCCCC2)cc1)c1ccc(NC2=NS(=O)(=O)c3ccccc32)cc1. The molecule has 1 saturated carbocycles. The lowest BCUT2D eigenvalue weighted by molar-refractivity contribution is 0.102. The Morgan fingerprint density at radius 2 is 1.44 bits per heavy atom. The highest BCUT2D eigenvalue weighted by atomic mass is 32.2. The maximum absolute atomic E-state index is 12.7. The average Bonchev–Trinajstić information content (AvgIpc) is 3.11. The second-order valence-corrected chi connectivity index (χ2v) is 10.2. The van der Waals surface area contributed by atoms with Gasteiger partial charge in [0.05, 0.1) is 0 Å². The molecule has 1 aliphatic heterocycles. The van der Waals surface area contributed by atoms with Crippen LogP contribution in [0.25, 0.3) is 0 Å². The van der Waals surface area contributed by atoms with Gasteiger partial charge < -0.3 is 16.0 Å². The first-order valence-electron chi connectivity index (χ1n) is 11.5. The molecule has 1 fully saturated rings. The third-order valence-corrected chi connectivity index (χ3v) is 7.49. The van der Waals surface area contributed by atoms with Crippen molar-refractivity contribution in [2.45, 2.75) is 43.0 Å². The van der Waals surface area contributed by atoms with Crippen LogP contribution >= 0.6 is 0 Å². The van der Waals surface area contributed by atoms with Crippen molar-refractivity contribution in [3.63, 3.8) is 0 Å². The van der Waals surface area contributed by atoms with E-state index in [4.69, 9.17) is 0 Å². The lowest BCUT2D eigenvalue weighted by atomic mass is 9.95. The Morgan fingerprint density at radius 1 is 0.794 bits per heavy atom. The first-order valence-corrected chi connectivity index (χ1v) is 12.9. The van der Waals surface area contributed by atoms with Crippen LogP contribution in [-0.2, 0) is 10.0 Å². The van der Waals surface area contributed by atoms with Crippen LogP contribution in [-0.4, -0.2) is 26.2 Å². The number of nitrogens with zero attached hydrogens (tertiary/aromatic N) is 1. The number of anilines is 3. The number of fused-ring (bicyclic) bond motifs is 1. The van der Waals surface area contributed by atoms with Gasteiger partial charge >= 0.3 is 0 Å². The van der Waals surface area contributed by atoms with Crippen molar-refractivity contribution < 1.29 is 13.2 Å². The topological polar surface area (TPSA) is 99.7 Å². The zero-order valence-electron chi connectivity index (χ0n) is 18.6. The molecule has 34 heavy (non-hydrogen) atoms. The molecule has 1 amide bonds. The summed E-state index contributed by atoms with van der Waals surface area (Å²) >= 11 is 0. The smallest absolute Gasteiger partial charge is 0.285 e. The summed E-state index contributed by atoms with van der Waals surface area (Å²) in [6.45, 7) is 0. The van der Waals surface area contributed by atoms with Crippen LogP contribution in [0.4, 0.5) is 17.1 Å². The number of rotatable bonds is 5. The minimum absolute atomic E-state index is 0.188. The molecule has 0 atom stereocenters. The molecular weight excluding hydrogens is 448 g/mol. The predicted molar refractivity (Wildman–Crippen MR) is 135 cm³/mol. The fourth-order valence-corrected chi connectivity index (χ4v) is 5.55. The summed E-state index contributed by atoms with van der Waals surface area (Å²) in [4.78, 5) is 12.9. The molecule has 8 heteroatoms. The van der Waals surface area contributed by atoms with E-state index in [1.165, 1.54) is 38.2 Å². The predicted octanol–water partition coefficient (Wildman–Crippen LogP) is 5.24. The van der Waals surface area contributed by atoms with Gasteiger partial charge in [-0.2, -0.15) is 8.42 Å². The minimum atomic E-state index is -3.69. The number of nitrogens with one attached hydrogen (secondary N) is 3. The van der Waals surface area contributed by atoms with Gasteiger partial charge in [-0.05, 0) is 73.5 Å². The molecule has 1 heterocycles. The van der Waals surface area contributed by atoms with Gasteiger partial charge in [-0.15, -0.1) is 4.40 Å². The van der Waals surface area contributed by atoms with Crippen molar-refractivity contribution in [2.75, 3.05) is 16.0 Å². The van der Waals surface area contributed by atoms with Gasteiger partial charge in [0.1, 0.15) is 4.90 Å². The molecule has 3 aromatic carbocycles. The third-order valence-electron chi connectivity index (χ3n) is 6.16. The van der Waals surface area contributed by atoms with E-state index in [1.807, 2.05) is 24.3 Å². The Hall–Kier alpha value is -3.65. The van der Waals surface area contributed by atoms with Crippen LogP contribution in [0.5, 0.6) is 0 Å². The van der Waals surface area contributed by atoms with Crippen molar-refractivity contribution in [1.82, 2.24) is 0 Å². The number of hydrogen-bond acceptors (Lipinski definition) is 5. The Morgan fingerprint density at radius 3 is 2.18 bits per heavy atom. The number of carbonyl (C=O) groups excluding carboxylic acids is 1. The van der Waals surface area contributed by atoms with Crippen molar-refractivity contribution in [2.24, 2.45) is 4.40 Å². The van der Waals surface area contributed by atoms with Crippen LogP contribution in [0, 0.1) is 0 Å². The molecule has 1 aliphatic carbocycles. The van der Waals surface area contributed by atoms with E-state index in [-0.39, 0.29) is 16.6 Å². The molecule has 0 aromatic heterocycles. The van der Waals surface area contributed by atoms with E-state index in [1.54, 1.807) is 42.5 Å². The first-order chi connectivity index (χ1) is 16.5. The maximum atomic E-state index is 12.7. The summed E-state index contributed by atoms with van der Waals surface area (Å²) < 4.78 is 28.2. The largest absolute Gasteiger partial charge is 0.382 e. The van der Waals surface area contributed by atoms with Crippen molar-refractivity contribution in [1.29, 1.82) is 0 Å². The van der Waals surface area contributed by atoms with Crippen LogP contribution < -0.4 is 16.0 Å². The van der Waals surface area contributed by atoms with Gasteiger partial charge in [0.25, 0.3) is 15.9 Å². The summed E-state index contributed by atoms with van der Waals surface area (Å²) in [7, 11) is -3.69. The van der Waals surface area contributed by atoms with Crippen LogP contribution in [0.1, 0.15) is 48.0 Å². The molecule has 3 N–H and O–H groups in total. The van der Waals surface area contributed by atoms with Gasteiger partial charge in [0, 0.05) is 34.2 Å². The fourth-order valence-electron chi connectivity index (χ4n) is 4.37. The normalized spacial score (nSPS) is 16.9. The molecule has 5 rings (SSSR count). The number of benzene rings is 3. The molecule has 0 bridgehead atoms. The summed E-state index contributed by atoms with van der Waals surface area (Å²) in [5, 5.41) is 9.53. The maximum Gasteiger partial charge on any atom is 0.285 e. The van der Waals surface area contributed by atoms with Gasteiger partial charge in [-0.25, -0.2) is 0 Å². The van der Waals surface area contributed by atoms with E-state index in [2.05, 4.69) is 20.3 Å². The summed E-state index contributed by atoms with van der Waals surface area (Å²) in [5.41, 5.74) is 3.46. The van der Waals surface area contributed by atoms with Crippen molar-refractivity contribution in [3.05, 3.63) is 83.9 Å². The molecule has 0 unspecified atom stereocenters. The van der Waals surface area contributed by atoms with Crippen molar-refractivity contribution in [3.8, 4) is 0 Å². The standard InChI is InChI=1S/C26H26N4O3S/c31-26(29-22-16-14-20(15-17-22)27-19-6-2-1-3-7-19)18-10-12-21(13-11-18)28-25-23-8-4-5-9-24(23)34(32,33)30-25/h4-5,8-17,19,27H,1-3,6-7H2,(H,28,30)(H,29,31). The molecule has 3 aromatic rings. The summed E-state index contributed by atoms with van der Waals surface area (Å²) in [5.74, 6) is 0.0559. The van der Waals surface area contributed by atoms with Gasteiger partial charge in [-0.1, -0.05) is 31.4 Å². The molecule has 0 spiro atoms. The minimum Gasteiger partial charge on any atom is -0.382 e.